The van der Waals surface area contributed by atoms with Crippen LogP contribution in [0.5, 0.6) is 5.75 Å². The second-order valence-electron chi connectivity index (χ2n) is 8.70. The Balaban J connectivity index is 1.28. The van der Waals surface area contributed by atoms with Gasteiger partial charge in [-0.25, -0.2) is 17.2 Å². The van der Waals surface area contributed by atoms with E-state index in [0.717, 1.165) is 12.1 Å². The molecule has 33 heavy (non-hydrogen) atoms. The molecule has 178 valence electrons. The van der Waals surface area contributed by atoms with E-state index in [0.29, 0.717) is 44.5 Å². The molecular weight excluding hydrogens is 452 g/mol. The van der Waals surface area contributed by atoms with Gasteiger partial charge in [0.05, 0.1) is 12.3 Å². The van der Waals surface area contributed by atoms with Crippen LogP contribution in [-0.4, -0.2) is 59.8 Å². The number of aryl methyl sites for hydroxylation is 1. The summed E-state index contributed by atoms with van der Waals surface area (Å²) in [5.41, 5.74) is -0.146. The first-order valence-electron chi connectivity index (χ1n) is 11.0. The molecule has 0 bridgehead atoms. The van der Waals surface area contributed by atoms with Gasteiger partial charge in [-0.1, -0.05) is 0 Å². The zero-order chi connectivity index (χ0) is 23.8. The van der Waals surface area contributed by atoms with Crippen molar-refractivity contribution in [3.63, 3.8) is 0 Å². The number of hydrogen-bond acceptors (Lipinski definition) is 5. The van der Waals surface area contributed by atoms with Crippen molar-refractivity contribution in [1.82, 2.24) is 14.2 Å². The summed E-state index contributed by atoms with van der Waals surface area (Å²) in [6.07, 6.45) is 3.77. The smallest absolute Gasteiger partial charge is 0.249 e. The van der Waals surface area contributed by atoms with Gasteiger partial charge in [0.15, 0.2) is 11.6 Å². The van der Waals surface area contributed by atoms with Crippen molar-refractivity contribution in [3.05, 3.63) is 53.9 Å². The van der Waals surface area contributed by atoms with Crippen LogP contribution in [0, 0.1) is 18.6 Å². The number of benzene rings is 1. The van der Waals surface area contributed by atoms with E-state index in [4.69, 9.17) is 4.74 Å². The first kappa shape index (κ1) is 23.6. The summed E-state index contributed by atoms with van der Waals surface area (Å²) < 4.78 is 59.4. The monoisotopic (exact) mass is 479 g/mol. The van der Waals surface area contributed by atoms with Gasteiger partial charge < -0.3 is 9.64 Å². The van der Waals surface area contributed by atoms with E-state index in [-0.39, 0.29) is 29.2 Å². The van der Waals surface area contributed by atoms with Crippen LogP contribution in [-0.2, 0) is 14.8 Å². The van der Waals surface area contributed by atoms with Gasteiger partial charge >= 0.3 is 0 Å². The topological polar surface area (TPSA) is 79.6 Å². The van der Waals surface area contributed by atoms with Crippen LogP contribution in [0.25, 0.3) is 0 Å². The quantitative estimate of drug-likeness (QED) is 0.429. The van der Waals surface area contributed by atoms with Crippen LogP contribution >= 0.6 is 0 Å². The first-order valence-corrected chi connectivity index (χ1v) is 12.4. The molecule has 0 saturated carbocycles. The average Bonchev–Trinajstić information content (AvgIpc) is 3.32. The first-order chi connectivity index (χ1) is 15.6. The fourth-order valence-electron chi connectivity index (χ4n) is 4.57. The molecule has 2 aromatic rings. The Morgan fingerprint density at radius 1 is 1.21 bits per heavy atom. The molecule has 2 aliphatic heterocycles. The molecule has 0 N–H and O–H groups in total. The van der Waals surface area contributed by atoms with Gasteiger partial charge in [0.25, 0.3) is 0 Å². The number of pyridine rings is 1. The highest BCUT2D eigenvalue weighted by atomic mass is 32.2. The number of rotatable bonds is 8. The van der Waals surface area contributed by atoms with E-state index in [9.17, 15) is 22.0 Å². The Morgan fingerprint density at radius 3 is 2.61 bits per heavy atom. The van der Waals surface area contributed by atoms with Crippen molar-refractivity contribution in [2.24, 2.45) is 0 Å². The maximum absolute atomic E-state index is 13.7. The maximum atomic E-state index is 13.7. The molecule has 0 aliphatic carbocycles. The molecule has 0 radical (unpaired) electrons. The summed E-state index contributed by atoms with van der Waals surface area (Å²) in [4.78, 5) is 18.7. The minimum atomic E-state index is -3.62. The summed E-state index contributed by atoms with van der Waals surface area (Å²) in [5.74, 6) is -1.40. The number of sulfonamides is 1. The van der Waals surface area contributed by atoms with Gasteiger partial charge in [0.1, 0.15) is 16.3 Å². The standard InChI is InChI=1S/C23H27F2N3O4S/c1-16-21(5-3-11-26-16)33(30,31)27-12-8-18(9-13-27)28-22(29)23(28,2)10-4-14-32-20-7-6-17(24)15-19(20)25/h3,5-7,11,15,18H,4,8-10,12-14H2,1-2H3. The lowest BCUT2D eigenvalue weighted by molar-refractivity contribution is -0.115. The number of halogens is 2. The van der Waals surface area contributed by atoms with E-state index >= 15 is 0 Å². The number of aromatic nitrogens is 1. The third-order valence-corrected chi connectivity index (χ3v) is 8.52. The average molecular weight is 480 g/mol. The second kappa shape index (κ2) is 8.98. The van der Waals surface area contributed by atoms with Crippen LogP contribution in [0.4, 0.5) is 8.78 Å². The fourth-order valence-corrected chi connectivity index (χ4v) is 6.22. The number of carbonyl (C=O) groups excluding carboxylic acids is 1. The van der Waals surface area contributed by atoms with E-state index in [1.54, 1.807) is 25.3 Å². The van der Waals surface area contributed by atoms with Gasteiger partial charge in [-0.3, -0.25) is 9.78 Å². The Hall–Kier alpha value is -2.59. The molecule has 1 amide bonds. The maximum Gasteiger partial charge on any atom is 0.249 e. The predicted octanol–water partition coefficient (Wildman–Crippen LogP) is 3.28. The molecule has 3 heterocycles. The molecule has 1 aromatic heterocycles. The van der Waals surface area contributed by atoms with E-state index in [2.05, 4.69) is 4.98 Å². The van der Waals surface area contributed by atoms with Crippen molar-refractivity contribution in [1.29, 1.82) is 0 Å². The number of carbonyl (C=O) groups is 1. The van der Waals surface area contributed by atoms with Gasteiger partial charge in [-0.15, -0.1) is 0 Å². The number of ether oxygens (including phenoxy) is 1. The number of nitrogens with zero attached hydrogens (tertiary/aromatic N) is 3. The third-order valence-electron chi connectivity index (χ3n) is 6.49. The summed E-state index contributed by atoms with van der Waals surface area (Å²) >= 11 is 0. The fraction of sp³-hybridized carbons (Fsp3) is 0.478. The zero-order valence-corrected chi connectivity index (χ0v) is 19.4. The lowest BCUT2D eigenvalue weighted by atomic mass is 10.0. The normalized spacial score (nSPS) is 21.9. The number of hydrogen-bond donors (Lipinski definition) is 0. The predicted molar refractivity (Wildman–Crippen MR) is 117 cm³/mol. The van der Waals surface area contributed by atoms with Crippen molar-refractivity contribution in [3.8, 4) is 5.75 Å². The number of piperidine rings is 1. The highest BCUT2D eigenvalue weighted by Gasteiger charge is 2.60. The summed E-state index contributed by atoms with van der Waals surface area (Å²) in [7, 11) is -3.62. The Bertz CT molecular complexity index is 1150. The van der Waals surface area contributed by atoms with E-state index in [1.165, 1.54) is 10.4 Å². The molecule has 0 spiro atoms. The van der Waals surface area contributed by atoms with Crippen LogP contribution < -0.4 is 4.74 Å². The Kier molecular flexibility index (Phi) is 6.41. The highest BCUT2D eigenvalue weighted by Crippen LogP contribution is 2.43. The van der Waals surface area contributed by atoms with Crippen molar-refractivity contribution >= 4 is 15.9 Å². The van der Waals surface area contributed by atoms with Crippen molar-refractivity contribution in [2.75, 3.05) is 19.7 Å². The number of amides is 1. The Labute approximate surface area is 192 Å². The summed E-state index contributed by atoms with van der Waals surface area (Å²) in [5, 5.41) is 0. The van der Waals surface area contributed by atoms with Crippen molar-refractivity contribution < 1.29 is 26.7 Å². The molecule has 1 aromatic carbocycles. The molecule has 4 rings (SSSR count). The van der Waals surface area contributed by atoms with Gasteiger partial charge in [0, 0.05) is 31.4 Å². The summed E-state index contributed by atoms with van der Waals surface area (Å²) in [6.45, 7) is 4.44. The molecule has 1 unspecified atom stereocenters. The summed E-state index contributed by atoms with van der Waals surface area (Å²) in [6, 6.07) is 6.31. The largest absolute Gasteiger partial charge is 0.491 e. The Morgan fingerprint density at radius 2 is 1.94 bits per heavy atom. The van der Waals surface area contributed by atoms with Crippen LogP contribution in [0.3, 0.4) is 0 Å². The molecular formula is C23H27F2N3O4S. The van der Waals surface area contributed by atoms with E-state index in [1.807, 2.05) is 11.8 Å². The molecule has 2 saturated heterocycles. The minimum absolute atomic E-state index is 0.0144. The zero-order valence-electron chi connectivity index (χ0n) is 18.6. The third kappa shape index (κ3) is 4.59. The molecule has 1 atom stereocenters. The van der Waals surface area contributed by atoms with Gasteiger partial charge in [-0.05, 0) is 63.8 Å². The van der Waals surface area contributed by atoms with E-state index < -0.39 is 27.2 Å². The molecule has 10 heteroatoms. The molecule has 2 aliphatic rings. The lowest BCUT2D eigenvalue weighted by Crippen LogP contribution is -2.43. The van der Waals surface area contributed by atoms with Gasteiger partial charge in [-0.2, -0.15) is 4.31 Å². The van der Waals surface area contributed by atoms with Gasteiger partial charge in [0.2, 0.25) is 15.9 Å². The van der Waals surface area contributed by atoms with Crippen molar-refractivity contribution in [2.45, 2.75) is 56.0 Å². The van der Waals surface area contributed by atoms with Crippen LogP contribution in [0.2, 0.25) is 0 Å². The highest BCUT2D eigenvalue weighted by molar-refractivity contribution is 7.89. The SMILES string of the molecule is Cc1ncccc1S(=O)(=O)N1CCC(N2C(=O)C2(C)CCCOc2ccc(F)cc2F)CC1. The minimum Gasteiger partial charge on any atom is -0.491 e. The molecule has 7 nitrogen and oxygen atoms in total. The second-order valence-corrected chi connectivity index (χ2v) is 10.6. The van der Waals surface area contributed by atoms with Crippen LogP contribution in [0.15, 0.2) is 41.4 Å². The van der Waals surface area contributed by atoms with Crippen LogP contribution in [0.1, 0.15) is 38.3 Å². The molecule has 2 fully saturated rings. The lowest BCUT2D eigenvalue weighted by Gasteiger charge is -2.33.